The summed E-state index contributed by atoms with van der Waals surface area (Å²) in [5, 5.41) is 5.42. The van der Waals surface area contributed by atoms with Crippen LogP contribution in [0.4, 0.5) is 5.69 Å². The van der Waals surface area contributed by atoms with E-state index >= 15 is 0 Å². The average Bonchev–Trinajstić information content (AvgIpc) is 2.77. The number of hydrogen-bond acceptors (Lipinski definition) is 3. The lowest BCUT2D eigenvalue weighted by atomic mass is 10.1. The Balaban J connectivity index is 2.05. The van der Waals surface area contributed by atoms with E-state index in [1.807, 2.05) is 18.2 Å². The van der Waals surface area contributed by atoms with Gasteiger partial charge in [0.1, 0.15) is 6.04 Å². The highest BCUT2D eigenvalue weighted by Crippen LogP contribution is 2.16. The first-order chi connectivity index (χ1) is 8.20. The molecule has 17 heavy (non-hydrogen) atoms. The van der Waals surface area contributed by atoms with Crippen LogP contribution in [0.2, 0.25) is 0 Å². The number of para-hydroxylation sites is 1. The van der Waals surface area contributed by atoms with Crippen molar-refractivity contribution in [3.63, 3.8) is 0 Å². The number of carbonyl (C=O) groups is 2. The minimum Gasteiger partial charge on any atom is -0.344 e. The van der Waals surface area contributed by atoms with Crippen LogP contribution in [-0.4, -0.2) is 17.9 Å². The molecule has 2 rings (SSSR count). The van der Waals surface area contributed by atoms with Gasteiger partial charge in [0.15, 0.2) is 0 Å². The Bertz CT molecular complexity index is 445. The topological polar surface area (TPSA) is 84.2 Å². The van der Waals surface area contributed by atoms with Crippen molar-refractivity contribution in [3.8, 4) is 0 Å². The Kier molecular flexibility index (Phi) is 3.39. The Hall–Kier alpha value is -1.88. The van der Waals surface area contributed by atoms with Crippen molar-refractivity contribution in [1.82, 2.24) is 5.32 Å². The standard InChI is InChI=1S/C12H15N3O2/c13-7-8-3-1-2-4-9(8)15-12(17)10-5-6-11(16)14-10/h1-4,10H,5-7,13H2,(H,14,16)(H,15,17). The summed E-state index contributed by atoms with van der Waals surface area (Å²) in [5.41, 5.74) is 7.17. The summed E-state index contributed by atoms with van der Waals surface area (Å²) < 4.78 is 0. The van der Waals surface area contributed by atoms with Crippen molar-refractivity contribution < 1.29 is 9.59 Å². The van der Waals surface area contributed by atoms with E-state index in [0.29, 0.717) is 25.1 Å². The van der Waals surface area contributed by atoms with Crippen molar-refractivity contribution in [2.75, 3.05) is 5.32 Å². The van der Waals surface area contributed by atoms with E-state index in [1.54, 1.807) is 6.07 Å². The van der Waals surface area contributed by atoms with E-state index in [1.165, 1.54) is 0 Å². The van der Waals surface area contributed by atoms with Gasteiger partial charge in [-0.05, 0) is 18.1 Å². The summed E-state index contributed by atoms with van der Waals surface area (Å²) >= 11 is 0. The minimum absolute atomic E-state index is 0.0720. The highest BCUT2D eigenvalue weighted by atomic mass is 16.2. The number of benzene rings is 1. The quantitative estimate of drug-likeness (QED) is 0.705. The lowest BCUT2D eigenvalue weighted by Gasteiger charge is -2.13. The predicted molar refractivity (Wildman–Crippen MR) is 64.1 cm³/mol. The van der Waals surface area contributed by atoms with Crippen molar-refractivity contribution in [2.45, 2.75) is 25.4 Å². The van der Waals surface area contributed by atoms with Gasteiger partial charge in [0.25, 0.3) is 0 Å². The summed E-state index contributed by atoms with van der Waals surface area (Å²) in [6.45, 7) is 0.369. The zero-order chi connectivity index (χ0) is 12.3. The number of nitrogens with two attached hydrogens (primary N) is 1. The summed E-state index contributed by atoms with van der Waals surface area (Å²) in [6.07, 6.45) is 0.964. The van der Waals surface area contributed by atoms with E-state index in [0.717, 1.165) is 5.56 Å². The van der Waals surface area contributed by atoms with Crippen LogP contribution >= 0.6 is 0 Å². The molecule has 2 amide bonds. The summed E-state index contributed by atoms with van der Waals surface area (Å²) in [7, 11) is 0. The van der Waals surface area contributed by atoms with E-state index in [-0.39, 0.29) is 11.8 Å². The number of hydrogen-bond donors (Lipinski definition) is 3. The maximum absolute atomic E-state index is 11.9. The summed E-state index contributed by atoms with van der Waals surface area (Å²) in [4.78, 5) is 22.9. The monoisotopic (exact) mass is 233 g/mol. The molecule has 0 aliphatic carbocycles. The molecule has 90 valence electrons. The first-order valence-corrected chi connectivity index (χ1v) is 5.59. The molecule has 5 heteroatoms. The maximum atomic E-state index is 11.9. The van der Waals surface area contributed by atoms with Gasteiger partial charge in [-0.3, -0.25) is 9.59 Å². The van der Waals surface area contributed by atoms with Crippen LogP contribution in [0.15, 0.2) is 24.3 Å². The molecule has 1 aliphatic rings. The first-order valence-electron chi connectivity index (χ1n) is 5.59. The van der Waals surface area contributed by atoms with Crippen LogP contribution in [-0.2, 0) is 16.1 Å². The number of carbonyl (C=O) groups excluding carboxylic acids is 2. The van der Waals surface area contributed by atoms with Crippen molar-refractivity contribution in [2.24, 2.45) is 5.73 Å². The SMILES string of the molecule is NCc1ccccc1NC(=O)C1CCC(=O)N1. The Morgan fingerprint density at radius 1 is 1.47 bits per heavy atom. The molecule has 0 spiro atoms. The Morgan fingerprint density at radius 2 is 2.24 bits per heavy atom. The highest BCUT2D eigenvalue weighted by molar-refractivity contribution is 5.99. The summed E-state index contributed by atoms with van der Waals surface area (Å²) in [5.74, 6) is -0.256. The molecule has 5 nitrogen and oxygen atoms in total. The van der Waals surface area contributed by atoms with Crippen LogP contribution in [0.3, 0.4) is 0 Å². The third-order valence-electron chi connectivity index (χ3n) is 2.81. The number of amides is 2. The van der Waals surface area contributed by atoms with Gasteiger partial charge >= 0.3 is 0 Å². The van der Waals surface area contributed by atoms with Gasteiger partial charge in [0.05, 0.1) is 0 Å². The number of nitrogens with one attached hydrogen (secondary N) is 2. The van der Waals surface area contributed by atoms with Gasteiger partial charge in [-0.1, -0.05) is 18.2 Å². The van der Waals surface area contributed by atoms with Gasteiger partial charge in [-0.2, -0.15) is 0 Å². The Morgan fingerprint density at radius 3 is 2.88 bits per heavy atom. The third-order valence-corrected chi connectivity index (χ3v) is 2.81. The second-order valence-electron chi connectivity index (χ2n) is 4.01. The van der Waals surface area contributed by atoms with Gasteiger partial charge in [-0.15, -0.1) is 0 Å². The van der Waals surface area contributed by atoms with Crippen LogP contribution in [0.5, 0.6) is 0 Å². The summed E-state index contributed by atoms with van der Waals surface area (Å²) in [6, 6.07) is 6.95. The lowest BCUT2D eigenvalue weighted by Crippen LogP contribution is -2.37. The molecule has 1 saturated heterocycles. The predicted octanol–water partition coefficient (Wildman–Crippen LogP) is 0.362. The van der Waals surface area contributed by atoms with Gasteiger partial charge < -0.3 is 16.4 Å². The van der Waals surface area contributed by atoms with E-state index in [4.69, 9.17) is 5.73 Å². The van der Waals surface area contributed by atoms with Crippen LogP contribution in [0.1, 0.15) is 18.4 Å². The van der Waals surface area contributed by atoms with Gasteiger partial charge in [0.2, 0.25) is 11.8 Å². The molecule has 1 fully saturated rings. The molecule has 0 saturated carbocycles. The zero-order valence-electron chi connectivity index (χ0n) is 9.40. The van der Waals surface area contributed by atoms with Gasteiger partial charge in [0, 0.05) is 18.7 Å². The third kappa shape index (κ3) is 2.62. The van der Waals surface area contributed by atoms with Crippen LogP contribution in [0, 0.1) is 0 Å². The molecule has 0 radical (unpaired) electrons. The van der Waals surface area contributed by atoms with Crippen molar-refractivity contribution in [1.29, 1.82) is 0 Å². The number of rotatable bonds is 3. The molecule has 4 N–H and O–H groups in total. The lowest BCUT2D eigenvalue weighted by molar-refractivity contribution is -0.122. The molecular weight excluding hydrogens is 218 g/mol. The highest BCUT2D eigenvalue weighted by Gasteiger charge is 2.27. The fourth-order valence-electron chi connectivity index (χ4n) is 1.85. The normalized spacial score (nSPS) is 18.9. The van der Waals surface area contributed by atoms with E-state index in [9.17, 15) is 9.59 Å². The molecule has 1 aliphatic heterocycles. The fourth-order valence-corrected chi connectivity index (χ4v) is 1.85. The molecule has 0 bridgehead atoms. The molecular formula is C12H15N3O2. The first kappa shape index (κ1) is 11.6. The van der Waals surface area contributed by atoms with Crippen molar-refractivity contribution in [3.05, 3.63) is 29.8 Å². The second-order valence-corrected chi connectivity index (χ2v) is 4.01. The van der Waals surface area contributed by atoms with E-state index < -0.39 is 6.04 Å². The smallest absolute Gasteiger partial charge is 0.246 e. The molecule has 1 heterocycles. The zero-order valence-corrected chi connectivity index (χ0v) is 9.40. The molecule has 1 atom stereocenters. The minimum atomic E-state index is -0.423. The molecule has 1 unspecified atom stereocenters. The van der Waals surface area contributed by atoms with Crippen molar-refractivity contribution >= 4 is 17.5 Å². The molecule has 1 aromatic rings. The largest absolute Gasteiger partial charge is 0.344 e. The number of anilines is 1. The average molecular weight is 233 g/mol. The van der Waals surface area contributed by atoms with Crippen LogP contribution in [0.25, 0.3) is 0 Å². The Labute approximate surface area is 99.4 Å². The van der Waals surface area contributed by atoms with Crippen LogP contribution < -0.4 is 16.4 Å². The van der Waals surface area contributed by atoms with Gasteiger partial charge in [-0.25, -0.2) is 0 Å². The second kappa shape index (κ2) is 4.97. The maximum Gasteiger partial charge on any atom is 0.246 e. The molecule has 1 aromatic carbocycles. The molecule has 0 aromatic heterocycles. The fraction of sp³-hybridized carbons (Fsp3) is 0.333. The van der Waals surface area contributed by atoms with E-state index in [2.05, 4.69) is 10.6 Å².